The summed E-state index contributed by atoms with van der Waals surface area (Å²) in [5.41, 5.74) is 0.474. The minimum Gasteiger partial charge on any atom is -0.353 e. The van der Waals surface area contributed by atoms with Crippen molar-refractivity contribution < 1.29 is 18.1 Å². The van der Waals surface area contributed by atoms with Crippen LogP contribution in [-0.2, 0) is 14.8 Å². The molecule has 1 N–H and O–H groups in total. The van der Waals surface area contributed by atoms with E-state index >= 15 is 0 Å². The first-order chi connectivity index (χ1) is 15.4. The van der Waals surface area contributed by atoms with Crippen LogP contribution >= 0.6 is 11.8 Å². The lowest BCUT2D eigenvalue weighted by Gasteiger charge is -2.22. The van der Waals surface area contributed by atoms with Crippen molar-refractivity contribution in [2.75, 3.05) is 5.75 Å². The Kier molecular flexibility index (Phi) is 6.47. The van der Waals surface area contributed by atoms with Crippen LogP contribution in [0.5, 0.6) is 0 Å². The maximum absolute atomic E-state index is 13.5. The van der Waals surface area contributed by atoms with Crippen LogP contribution in [0.3, 0.4) is 0 Å². The number of nitro benzene ring substituents is 1. The Morgan fingerprint density at radius 1 is 1.16 bits per heavy atom. The average molecular weight is 475 g/mol. The molecule has 0 unspecified atom stereocenters. The van der Waals surface area contributed by atoms with Gasteiger partial charge in [-0.2, -0.15) is 0 Å². The number of fused-ring (bicyclic) bond motifs is 1. The predicted octanol–water partition coefficient (Wildman–Crippen LogP) is 3.72. The first-order valence-electron chi connectivity index (χ1n) is 10.3. The summed E-state index contributed by atoms with van der Waals surface area (Å²) in [5.74, 6) is -0.155. The monoisotopic (exact) mass is 474 g/mol. The zero-order chi connectivity index (χ0) is 22.7. The van der Waals surface area contributed by atoms with E-state index in [4.69, 9.17) is 0 Å². The van der Waals surface area contributed by atoms with Gasteiger partial charge in [0, 0.05) is 18.2 Å². The van der Waals surface area contributed by atoms with Crippen molar-refractivity contribution in [3.8, 4) is 0 Å². The fourth-order valence-electron chi connectivity index (χ4n) is 3.81. The molecule has 1 saturated carbocycles. The molecule has 0 bridgehead atoms. The Hall–Kier alpha value is -2.92. The van der Waals surface area contributed by atoms with Crippen LogP contribution in [-0.4, -0.2) is 40.0 Å². The summed E-state index contributed by atoms with van der Waals surface area (Å²) in [5, 5.41) is 14.3. The molecule has 1 fully saturated rings. The van der Waals surface area contributed by atoms with Gasteiger partial charge in [0.05, 0.1) is 26.6 Å². The summed E-state index contributed by atoms with van der Waals surface area (Å²) in [6, 6.07) is 11.8. The topological polar surface area (TPSA) is 124 Å². The molecule has 11 heteroatoms. The van der Waals surface area contributed by atoms with Gasteiger partial charge in [0.2, 0.25) is 5.91 Å². The predicted molar refractivity (Wildman–Crippen MR) is 121 cm³/mol. The summed E-state index contributed by atoms with van der Waals surface area (Å²) in [6.45, 7) is 0. The van der Waals surface area contributed by atoms with Gasteiger partial charge in [-0.3, -0.25) is 14.9 Å². The Balaban J connectivity index is 1.65. The molecule has 0 atom stereocenters. The highest BCUT2D eigenvalue weighted by Crippen LogP contribution is 2.30. The molecule has 168 valence electrons. The van der Waals surface area contributed by atoms with E-state index in [1.165, 1.54) is 24.6 Å². The molecule has 2 aromatic carbocycles. The smallest absolute Gasteiger partial charge is 0.270 e. The molecule has 0 spiro atoms. The zero-order valence-electron chi connectivity index (χ0n) is 17.1. The van der Waals surface area contributed by atoms with Crippen LogP contribution in [0, 0.1) is 10.1 Å². The number of carbonyl (C=O) groups is 1. The molecule has 0 aliphatic heterocycles. The fourth-order valence-corrected chi connectivity index (χ4v) is 6.38. The van der Waals surface area contributed by atoms with Crippen molar-refractivity contribution in [1.29, 1.82) is 0 Å². The van der Waals surface area contributed by atoms with E-state index in [1.807, 2.05) is 0 Å². The summed E-state index contributed by atoms with van der Waals surface area (Å²) in [7, 11) is -4.19. The molecule has 1 amide bonds. The molecule has 1 aliphatic rings. The van der Waals surface area contributed by atoms with E-state index in [9.17, 15) is 23.3 Å². The van der Waals surface area contributed by atoms with Gasteiger partial charge in [0.15, 0.2) is 5.16 Å². The molecule has 9 nitrogen and oxygen atoms in total. The molecule has 0 saturated heterocycles. The minimum absolute atomic E-state index is 0.0181. The number of carbonyl (C=O) groups excluding carboxylic acids is 1. The third-order valence-corrected chi connectivity index (χ3v) is 8.11. The quantitative estimate of drug-likeness (QED) is 0.314. The van der Waals surface area contributed by atoms with E-state index in [-0.39, 0.29) is 33.4 Å². The van der Waals surface area contributed by atoms with E-state index < -0.39 is 14.9 Å². The van der Waals surface area contributed by atoms with Crippen molar-refractivity contribution in [2.24, 2.45) is 0 Å². The van der Waals surface area contributed by atoms with Gasteiger partial charge in [-0.25, -0.2) is 17.4 Å². The highest BCUT2D eigenvalue weighted by atomic mass is 32.2. The van der Waals surface area contributed by atoms with Crippen LogP contribution in [0.15, 0.2) is 58.6 Å². The molecule has 1 heterocycles. The molecule has 4 rings (SSSR count). The van der Waals surface area contributed by atoms with Gasteiger partial charge in [0.1, 0.15) is 0 Å². The second-order valence-electron chi connectivity index (χ2n) is 7.60. The highest BCUT2D eigenvalue weighted by Gasteiger charge is 2.27. The van der Waals surface area contributed by atoms with Crippen molar-refractivity contribution in [2.45, 2.75) is 48.2 Å². The summed E-state index contributed by atoms with van der Waals surface area (Å²) in [4.78, 5) is 27.1. The first-order valence-corrected chi connectivity index (χ1v) is 12.7. The fraction of sp³-hybridized carbons (Fsp3) is 0.333. The van der Waals surface area contributed by atoms with E-state index in [2.05, 4.69) is 10.3 Å². The number of amides is 1. The van der Waals surface area contributed by atoms with Crippen molar-refractivity contribution in [3.63, 3.8) is 0 Å². The molecule has 1 aromatic heterocycles. The lowest BCUT2D eigenvalue weighted by atomic mass is 9.95. The third-order valence-electron chi connectivity index (χ3n) is 5.36. The van der Waals surface area contributed by atoms with Gasteiger partial charge in [0.25, 0.3) is 15.7 Å². The maximum atomic E-state index is 13.5. The molecular formula is C21H22N4O5S2. The number of hydrogen-bond donors (Lipinski definition) is 1. The number of rotatable bonds is 7. The minimum atomic E-state index is -4.19. The van der Waals surface area contributed by atoms with Gasteiger partial charge in [-0.15, -0.1) is 0 Å². The van der Waals surface area contributed by atoms with Crippen LogP contribution < -0.4 is 5.32 Å². The van der Waals surface area contributed by atoms with Crippen LogP contribution in [0.25, 0.3) is 11.0 Å². The van der Waals surface area contributed by atoms with Crippen LogP contribution in [0.4, 0.5) is 5.69 Å². The van der Waals surface area contributed by atoms with Crippen molar-refractivity contribution in [1.82, 2.24) is 14.3 Å². The Bertz CT molecular complexity index is 1270. The van der Waals surface area contributed by atoms with Gasteiger partial charge in [-0.1, -0.05) is 49.2 Å². The molecule has 32 heavy (non-hydrogen) atoms. The van der Waals surface area contributed by atoms with E-state index in [0.717, 1.165) is 47.5 Å². The lowest BCUT2D eigenvalue weighted by Crippen LogP contribution is -2.37. The number of non-ortho nitro benzene ring substituents is 1. The van der Waals surface area contributed by atoms with Crippen LogP contribution in [0.2, 0.25) is 0 Å². The number of nitro groups is 1. The number of thioether (sulfide) groups is 1. The molecule has 3 aromatic rings. The SMILES string of the molecule is O=C(CSc1nc2ccccc2n1S(=O)(=O)c1cccc([N+](=O)[O-])c1)NC1CCCCC1. The third kappa shape index (κ3) is 4.63. The lowest BCUT2D eigenvalue weighted by molar-refractivity contribution is -0.385. The Morgan fingerprint density at radius 3 is 2.66 bits per heavy atom. The number of nitrogens with zero attached hydrogens (tertiary/aromatic N) is 3. The Labute approximate surface area is 189 Å². The molecule has 0 radical (unpaired) electrons. The number of para-hydroxylation sites is 2. The number of imidazole rings is 1. The summed E-state index contributed by atoms with van der Waals surface area (Å²) in [6.07, 6.45) is 5.28. The maximum Gasteiger partial charge on any atom is 0.270 e. The number of benzene rings is 2. The zero-order valence-corrected chi connectivity index (χ0v) is 18.8. The van der Waals surface area contributed by atoms with Gasteiger partial charge in [-0.05, 0) is 31.0 Å². The largest absolute Gasteiger partial charge is 0.353 e. The molecule has 1 aliphatic carbocycles. The number of hydrogen-bond acceptors (Lipinski definition) is 7. The number of aromatic nitrogens is 2. The summed E-state index contributed by atoms with van der Waals surface area (Å²) < 4.78 is 28.0. The normalized spacial score (nSPS) is 15.0. The van der Waals surface area contributed by atoms with Gasteiger partial charge < -0.3 is 5.32 Å². The second kappa shape index (κ2) is 9.29. The van der Waals surface area contributed by atoms with E-state index in [1.54, 1.807) is 24.3 Å². The number of nitrogens with one attached hydrogen (secondary N) is 1. The van der Waals surface area contributed by atoms with Crippen molar-refractivity contribution in [3.05, 3.63) is 58.6 Å². The molecular weight excluding hydrogens is 452 g/mol. The average Bonchev–Trinajstić information content (AvgIpc) is 3.18. The van der Waals surface area contributed by atoms with E-state index in [0.29, 0.717) is 11.0 Å². The van der Waals surface area contributed by atoms with Crippen molar-refractivity contribution >= 4 is 44.4 Å². The summed E-state index contributed by atoms with van der Waals surface area (Å²) >= 11 is 1.03. The standard InChI is InChI=1S/C21H22N4O5S2/c26-20(22-15-7-2-1-3-8-15)14-31-21-23-18-11-4-5-12-19(18)24(21)32(29,30)17-10-6-9-16(13-17)25(27)28/h4-6,9-13,15H,1-3,7-8,14H2,(H,22,26). The van der Waals surface area contributed by atoms with Crippen LogP contribution in [0.1, 0.15) is 32.1 Å². The second-order valence-corrected chi connectivity index (χ2v) is 10.3. The Morgan fingerprint density at radius 2 is 1.91 bits per heavy atom. The highest BCUT2D eigenvalue weighted by molar-refractivity contribution is 8.00. The first kappa shape index (κ1) is 22.3. The van der Waals surface area contributed by atoms with Gasteiger partial charge >= 0.3 is 0 Å².